The maximum atomic E-state index is 11.2. The van der Waals surface area contributed by atoms with Crippen LogP contribution in [0, 0.1) is 0 Å². The third-order valence-corrected chi connectivity index (χ3v) is 10.8. The van der Waals surface area contributed by atoms with E-state index >= 15 is 0 Å². The quantitative estimate of drug-likeness (QED) is 0.137. The number of hydrogen-bond acceptors (Lipinski definition) is 3. The molecule has 168 valence electrons. The number of carbonyl (C=O) groups excluding carboxylic acids is 1. The Labute approximate surface area is 177 Å². The lowest BCUT2D eigenvalue weighted by Gasteiger charge is -2.39. The van der Waals surface area contributed by atoms with Crippen molar-refractivity contribution in [1.82, 2.24) is 0 Å². The molecule has 0 fully saturated rings. The lowest BCUT2D eigenvalue weighted by Crippen LogP contribution is -2.44. The zero-order valence-corrected chi connectivity index (χ0v) is 21.2. The fourth-order valence-electron chi connectivity index (χ4n) is 3.28. The number of ether oxygens (including phenoxy) is 1. The minimum absolute atomic E-state index is 0.0851. The lowest BCUT2D eigenvalue weighted by atomic mass is 10.0. The molecule has 0 aromatic rings. The van der Waals surface area contributed by atoms with E-state index in [2.05, 4.69) is 40.8 Å². The van der Waals surface area contributed by atoms with Crippen molar-refractivity contribution in [3.8, 4) is 0 Å². The number of methoxy groups -OCH3 is 1. The predicted octanol–water partition coefficient (Wildman–Crippen LogP) is 8.03. The largest absolute Gasteiger partial charge is 0.469 e. The van der Waals surface area contributed by atoms with Crippen LogP contribution >= 0.6 is 0 Å². The molecule has 0 aliphatic carbocycles. The van der Waals surface area contributed by atoms with Gasteiger partial charge < -0.3 is 9.16 Å². The molecule has 0 heterocycles. The van der Waals surface area contributed by atoms with Gasteiger partial charge >= 0.3 is 5.97 Å². The highest BCUT2D eigenvalue weighted by Gasteiger charge is 2.38. The highest BCUT2D eigenvalue weighted by molar-refractivity contribution is 6.74. The molecule has 1 atom stereocenters. The van der Waals surface area contributed by atoms with E-state index in [4.69, 9.17) is 9.16 Å². The van der Waals surface area contributed by atoms with Crippen molar-refractivity contribution >= 4 is 14.3 Å². The molecule has 3 nitrogen and oxygen atoms in total. The van der Waals surface area contributed by atoms with E-state index in [0.717, 1.165) is 12.8 Å². The number of rotatable bonds is 17. The molecule has 0 saturated heterocycles. The number of unbranched alkanes of at least 4 members (excludes halogenated alkanes) is 9. The van der Waals surface area contributed by atoms with Gasteiger partial charge in [0.2, 0.25) is 0 Å². The molecule has 0 bridgehead atoms. The van der Waals surface area contributed by atoms with E-state index < -0.39 is 8.32 Å². The van der Waals surface area contributed by atoms with Crippen LogP contribution in [0.1, 0.15) is 118 Å². The molecule has 0 aromatic carbocycles. The Kier molecular flexibility index (Phi) is 15.3. The van der Waals surface area contributed by atoms with Crippen LogP contribution in [0.3, 0.4) is 0 Å². The Morgan fingerprint density at radius 1 is 0.821 bits per heavy atom. The van der Waals surface area contributed by atoms with Crippen molar-refractivity contribution in [2.45, 2.75) is 142 Å². The van der Waals surface area contributed by atoms with Crippen molar-refractivity contribution < 1.29 is 14.0 Å². The minimum Gasteiger partial charge on any atom is -0.469 e. The first-order chi connectivity index (χ1) is 13.1. The summed E-state index contributed by atoms with van der Waals surface area (Å²) in [4.78, 5) is 11.2. The van der Waals surface area contributed by atoms with Crippen LogP contribution in [-0.4, -0.2) is 27.5 Å². The van der Waals surface area contributed by atoms with Gasteiger partial charge in [-0.3, -0.25) is 4.79 Å². The van der Waals surface area contributed by atoms with Crippen LogP contribution in [0.4, 0.5) is 0 Å². The summed E-state index contributed by atoms with van der Waals surface area (Å²) in [7, 11) is -0.243. The molecule has 0 radical (unpaired) electrons. The number of carbonyl (C=O) groups is 1. The smallest absolute Gasteiger partial charge is 0.305 e. The number of hydrogen-bond donors (Lipinski definition) is 0. The maximum absolute atomic E-state index is 11.2. The van der Waals surface area contributed by atoms with Crippen molar-refractivity contribution in [3.63, 3.8) is 0 Å². The minimum atomic E-state index is -1.71. The number of esters is 1. The molecule has 0 aromatic heterocycles. The summed E-state index contributed by atoms with van der Waals surface area (Å²) < 4.78 is 11.5. The zero-order chi connectivity index (χ0) is 21.5. The highest BCUT2D eigenvalue weighted by atomic mass is 28.4. The van der Waals surface area contributed by atoms with Crippen molar-refractivity contribution in [3.05, 3.63) is 0 Å². The van der Waals surface area contributed by atoms with Crippen molar-refractivity contribution in [2.75, 3.05) is 7.11 Å². The van der Waals surface area contributed by atoms with Crippen molar-refractivity contribution in [1.29, 1.82) is 0 Å². The van der Waals surface area contributed by atoms with E-state index in [9.17, 15) is 4.79 Å². The predicted molar refractivity (Wildman–Crippen MR) is 124 cm³/mol. The van der Waals surface area contributed by atoms with Gasteiger partial charge in [-0.05, 0) is 37.4 Å². The van der Waals surface area contributed by atoms with Gasteiger partial charge in [0, 0.05) is 12.5 Å². The topological polar surface area (TPSA) is 35.5 Å². The SMILES string of the molecule is CCCCCCCCCC(CCCCCCC(=O)OC)O[Si](C)(C)C(C)(C)C. The van der Waals surface area contributed by atoms with E-state index in [1.807, 2.05) is 0 Å². The van der Waals surface area contributed by atoms with Gasteiger partial charge in [0.15, 0.2) is 8.32 Å². The van der Waals surface area contributed by atoms with E-state index in [0.29, 0.717) is 12.5 Å². The first-order valence-electron chi connectivity index (χ1n) is 11.9. The van der Waals surface area contributed by atoms with Gasteiger partial charge in [-0.2, -0.15) is 0 Å². The summed E-state index contributed by atoms with van der Waals surface area (Å²) in [6.07, 6.45) is 17.3. The van der Waals surface area contributed by atoms with Gasteiger partial charge in [-0.1, -0.05) is 91.9 Å². The Balaban J connectivity index is 4.27. The first kappa shape index (κ1) is 27.6. The molecular formula is C24H50O3Si. The molecule has 0 aliphatic rings. The summed E-state index contributed by atoms with van der Waals surface area (Å²) in [5.41, 5.74) is 0. The van der Waals surface area contributed by atoms with E-state index in [1.54, 1.807) is 0 Å². The molecule has 0 saturated carbocycles. The van der Waals surface area contributed by atoms with Crippen LogP contribution in [-0.2, 0) is 14.0 Å². The van der Waals surface area contributed by atoms with Gasteiger partial charge in [-0.15, -0.1) is 0 Å². The molecule has 0 aliphatic heterocycles. The van der Waals surface area contributed by atoms with Gasteiger partial charge in [0.1, 0.15) is 0 Å². The maximum Gasteiger partial charge on any atom is 0.305 e. The second-order valence-corrected chi connectivity index (χ2v) is 14.7. The lowest BCUT2D eigenvalue weighted by molar-refractivity contribution is -0.140. The Hall–Kier alpha value is -0.353. The third-order valence-electron chi connectivity index (χ3n) is 6.28. The Morgan fingerprint density at radius 2 is 1.29 bits per heavy atom. The Bertz CT molecular complexity index is 388. The van der Waals surface area contributed by atoms with E-state index in [-0.39, 0.29) is 11.0 Å². The zero-order valence-electron chi connectivity index (χ0n) is 20.2. The summed E-state index contributed by atoms with van der Waals surface area (Å²) in [6, 6.07) is 0. The summed E-state index contributed by atoms with van der Waals surface area (Å²) >= 11 is 0. The summed E-state index contributed by atoms with van der Waals surface area (Å²) in [6.45, 7) is 14.0. The molecule has 0 N–H and O–H groups in total. The average Bonchev–Trinajstić information content (AvgIpc) is 2.61. The fourth-order valence-corrected chi connectivity index (χ4v) is 4.70. The molecular weight excluding hydrogens is 364 g/mol. The summed E-state index contributed by atoms with van der Waals surface area (Å²) in [5.74, 6) is -0.0851. The average molecular weight is 415 g/mol. The fraction of sp³-hybridized carbons (Fsp3) is 0.958. The van der Waals surface area contributed by atoms with E-state index in [1.165, 1.54) is 77.7 Å². The van der Waals surface area contributed by atoms with Gasteiger partial charge in [0.05, 0.1) is 7.11 Å². The van der Waals surface area contributed by atoms with Crippen LogP contribution in [0.5, 0.6) is 0 Å². The highest BCUT2D eigenvalue weighted by Crippen LogP contribution is 2.38. The molecule has 0 amide bonds. The van der Waals surface area contributed by atoms with Crippen LogP contribution in [0.15, 0.2) is 0 Å². The molecule has 0 rings (SSSR count). The first-order valence-corrected chi connectivity index (χ1v) is 14.8. The second-order valence-electron chi connectivity index (χ2n) is 9.94. The van der Waals surface area contributed by atoms with Crippen molar-refractivity contribution in [2.24, 2.45) is 0 Å². The van der Waals surface area contributed by atoms with Crippen LogP contribution < -0.4 is 0 Å². The van der Waals surface area contributed by atoms with Gasteiger partial charge in [0.25, 0.3) is 0 Å². The molecule has 28 heavy (non-hydrogen) atoms. The second kappa shape index (κ2) is 15.5. The van der Waals surface area contributed by atoms with Crippen LogP contribution in [0.25, 0.3) is 0 Å². The van der Waals surface area contributed by atoms with Crippen LogP contribution in [0.2, 0.25) is 18.1 Å². The Morgan fingerprint density at radius 3 is 1.75 bits per heavy atom. The molecule has 4 heteroatoms. The third kappa shape index (κ3) is 13.8. The van der Waals surface area contributed by atoms with Gasteiger partial charge in [-0.25, -0.2) is 0 Å². The molecule has 1 unspecified atom stereocenters. The normalized spacial score (nSPS) is 13.5. The standard InChI is InChI=1S/C24H50O3Si/c1-8-9-10-11-12-13-16-19-22(27-28(6,7)24(2,3)4)20-17-14-15-18-21-23(25)26-5/h22H,8-21H2,1-7H3. The monoisotopic (exact) mass is 414 g/mol. The molecule has 0 spiro atoms. The summed E-state index contributed by atoms with van der Waals surface area (Å²) in [5, 5.41) is 0.270.